The van der Waals surface area contributed by atoms with Crippen LogP contribution in [0.4, 0.5) is 0 Å². The Bertz CT molecular complexity index is 487. The predicted molar refractivity (Wildman–Crippen MR) is 60.7 cm³/mol. The molecule has 0 aliphatic rings. The number of fused-ring (bicyclic) bond motifs is 1. The van der Waals surface area contributed by atoms with Crippen LogP contribution in [0.25, 0.3) is 10.9 Å². The third kappa shape index (κ3) is 1.92. The molecule has 1 heterocycles. The predicted octanol–water partition coefficient (Wildman–Crippen LogP) is 1.25. The summed E-state index contributed by atoms with van der Waals surface area (Å²) >= 11 is 0. The van der Waals surface area contributed by atoms with Gasteiger partial charge in [0.2, 0.25) is 0 Å². The van der Waals surface area contributed by atoms with Crippen LogP contribution in [-0.4, -0.2) is 16.9 Å². The molecule has 3 nitrogen and oxygen atoms in total. The number of rotatable bonds is 3. The van der Waals surface area contributed by atoms with Crippen molar-refractivity contribution in [2.24, 2.45) is 12.8 Å². The van der Waals surface area contributed by atoms with Gasteiger partial charge in [0.15, 0.2) is 0 Å². The molecule has 78 valence electrons. The zero-order chi connectivity index (χ0) is 10.8. The first-order valence-electron chi connectivity index (χ1n) is 4.95. The lowest BCUT2D eigenvalue weighted by Gasteiger charge is -2.04. The standard InChI is InChI=1S/C12H14N2O/c1-14-5-4-10-6-9(2-3-12(10)14)7-11(13)8-15/h2-6,8,11H,7,13H2,1H3. The van der Waals surface area contributed by atoms with E-state index in [4.69, 9.17) is 5.73 Å². The Morgan fingerprint density at radius 1 is 1.47 bits per heavy atom. The van der Waals surface area contributed by atoms with E-state index in [0.717, 1.165) is 11.8 Å². The molecule has 0 spiro atoms. The van der Waals surface area contributed by atoms with Crippen LogP contribution in [0.1, 0.15) is 5.56 Å². The molecule has 0 saturated heterocycles. The van der Waals surface area contributed by atoms with Gasteiger partial charge in [-0.25, -0.2) is 0 Å². The molecule has 1 atom stereocenters. The highest BCUT2D eigenvalue weighted by Gasteiger charge is 2.04. The van der Waals surface area contributed by atoms with Crippen molar-refractivity contribution in [3.8, 4) is 0 Å². The Balaban J connectivity index is 2.34. The third-order valence-corrected chi connectivity index (χ3v) is 2.60. The van der Waals surface area contributed by atoms with Gasteiger partial charge in [-0.2, -0.15) is 0 Å². The van der Waals surface area contributed by atoms with Crippen LogP contribution in [0, 0.1) is 0 Å². The first-order valence-corrected chi connectivity index (χ1v) is 4.95. The van der Waals surface area contributed by atoms with Gasteiger partial charge in [-0.05, 0) is 35.6 Å². The Morgan fingerprint density at radius 3 is 3.00 bits per heavy atom. The summed E-state index contributed by atoms with van der Waals surface area (Å²) in [6, 6.07) is 7.82. The second-order valence-electron chi connectivity index (χ2n) is 3.82. The molecule has 1 aromatic heterocycles. The van der Waals surface area contributed by atoms with Crippen molar-refractivity contribution >= 4 is 17.2 Å². The molecule has 1 unspecified atom stereocenters. The van der Waals surface area contributed by atoms with E-state index in [9.17, 15) is 4.79 Å². The summed E-state index contributed by atoms with van der Waals surface area (Å²) in [5.41, 5.74) is 7.88. The quantitative estimate of drug-likeness (QED) is 0.761. The highest BCUT2D eigenvalue weighted by atomic mass is 16.1. The highest BCUT2D eigenvalue weighted by molar-refractivity contribution is 5.80. The molecule has 0 bridgehead atoms. The zero-order valence-corrected chi connectivity index (χ0v) is 8.68. The van der Waals surface area contributed by atoms with Crippen LogP contribution in [0.15, 0.2) is 30.5 Å². The first-order chi connectivity index (χ1) is 7.20. The summed E-state index contributed by atoms with van der Waals surface area (Å²) in [6.45, 7) is 0. The van der Waals surface area contributed by atoms with Gasteiger partial charge >= 0.3 is 0 Å². The maximum Gasteiger partial charge on any atom is 0.137 e. The highest BCUT2D eigenvalue weighted by Crippen LogP contribution is 2.17. The maximum atomic E-state index is 10.4. The van der Waals surface area contributed by atoms with Crippen LogP contribution in [0.5, 0.6) is 0 Å². The van der Waals surface area contributed by atoms with Crippen molar-refractivity contribution in [1.82, 2.24) is 4.57 Å². The fourth-order valence-corrected chi connectivity index (χ4v) is 1.78. The molecule has 2 rings (SSSR count). The molecule has 0 aliphatic heterocycles. The molecule has 0 saturated carbocycles. The molecular formula is C12H14N2O. The summed E-state index contributed by atoms with van der Waals surface area (Å²) in [5.74, 6) is 0. The lowest BCUT2D eigenvalue weighted by Crippen LogP contribution is -2.23. The Labute approximate surface area is 88.5 Å². The number of aryl methyl sites for hydroxylation is 1. The number of carbonyl (C=O) groups excluding carboxylic acids is 1. The normalized spacial score (nSPS) is 12.9. The first kappa shape index (κ1) is 9.93. The average Bonchev–Trinajstić information content (AvgIpc) is 2.60. The van der Waals surface area contributed by atoms with Crippen LogP contribution in [0.3, 0.4) is 0 Å². The van der Waals surface area contributed by atoms with Crippen LogP contribution < -0.4 is 5.73 Å². The fourth-order valence-electron chi connectivity index (χ4n) is 1.78. The number of nitrogens with two attached hydrogens (primary N) is 1. The van der Waals surface area contributed by atoms with Crippen molar-refractivity contribution in [2.45, 2.75) is 12.5 Å². The average molecular weight is 202 g/mol. The van der Waals surface area contributed by atoms with Gasteiger partial charge in [0.1, 0.15) is 6.29 Å². The number of aromatic nitrogens is 1. The third-order valence-electron chi connectivity index (χ3n) is 2.60. The molecule has 0 fully saturated rings. The van der Waals surface area contributed by atoms with Crippen LogP contribution in [-0.2, 0) is 18.3 Å². The molecule has 3 heteroatoms. The largest absolute Gasteiger partial charge is 0.351 e. The van der Waals surface area contributed by atoms with Gasteiger partial charge in [0.25, 0.3) is 0 Å². The number of hydrogen-bond donors (Lipinski definition) is 1. The summed E-state index contributed by atoms with van der Waals surface area (Å²) in [6.07, 6.45) is 3.41. The van der Waals surface area contributed by atoms with E-state index < -0.39 is 6.04 Å². The summed E-state index contributed by atoms with van der Waals surface area (Å²) in [7, 11) is 2.01. The van der Waals surface area contributed by atoms with Gasteiger partial charge in [-0.1, -0.05) is 6.07 Å². The van der Waals surface area contributed by atoms with Gasteiger partial charge in [-0.3, -0.25) is 0 Å². The SMILES string of the molecule is Cn1ccc2cc(CC(N)C=O)ccc21. The van der Waals surface area contributed by atoms with E-state index in [0.29, 0.717) is 6.42 Å². The van der Waals surface area contributed by atoms with Crippen LogP contribution in [0.2, 0.25) is 0 Å². The minimum Gasteiger partial charge on any atom is -0.351 e. The molecule has 15 heavy (non-hydrogen) atoms. The fraction of sp³-hybridized carbons (Fsp3) is 0.250. The van der Waals surface area contributed by atoms with Crippen LogP contribution >= 0.6 is 0 Å². The summed E-state index contributed by atoms with van der Waals surface area (Å²) in [5, 5.41) is 1.19. The van der Waals surface area contributed by atoms with E-state index in [1.165, 1.54) is 10.9 Å². The Kier molecular flexibility index (Phi) is 2.56. The number of nitrogens with zero attached hydrogens (tertiary/aromatic N) is 1. The minimum atomic E-state index is -0.397. The van der Waals surface area contributed by atoms with Gasteiger partial charge in [0, 0.05) is 18.8 Å². The topological polar surface area (TPSA) is 48.0 Å². The smallest absolute Gasteiger partial charge is 0.137 e. The van der Waals surface area contributed by atoms with E-state index in [1.807, 2.05) is 19.3 Å². The number of benzene rings is 1. The van der Waals surface area contributed by atoms with Crippen molar-refractivity contribution in [1.29, 1.82) is 0 Å². The van der Waals surface area contributed by atoms with E-state index in [-0.39, 0.29) is 0 Å². The minimum absolute atomic E-state index is 0.397. The van der Waals surface area contributed by atoms with Gasteiger partial charge in [0.05, 0.1) is 6.04 Å². The molecule has 1 aromatic carbocycles. The zero-order valence-electron chi connectivity index (χ0n) is 8.68. The molecule has 0 radical (unpaired) electrons. The van der Waals surface area contributed by atoms with Gasteiger partial charge < -0.3 is 15.1 Å². The lowest BCUT2D eigenvalue weighted by atomic mass is 10.1. The monoisotopic (exact) mass is 202 g/mol. The summed E-state index contributed by atoms with van der Waals surface area (Å²) < 4.78 is 2.07. The maximum absolute atomic E-state index is 10.4. The molecule has 0 aliphatic carbocycles. The number of aldehydes is 1. The van der Waals surface area contributed by atoms with Crippen molar-refractivity contribution in [2.75, 3.05) is 0 Å². The second kappa shape index (κ2) is 3.87. The Morgan fingerprint density at radius 2 is 2.27 bits per heavy atom. The molecule has 2 aromatic rings. The second-order valence-corrected chi connectivity index (χ2v) is 3.82. The molecular weight excluding hydrogens is 188 g/mol. The van der Waals surface area contributed by atoms with Crippen molar-refractivity contribution in [3.63, 3.8) is 0 Å². The summed E-state index contributed by atoms with van der Waals surface area (Å²) in [4.78, 5) is 10.4. The van der Waals surface area contributed by atoms with E-state index in [2.05, 4.69) is 22.8 Å². The number of hydrogen-bond acceptors (Lipinski definition) is 2. The number of carbonyl (C=O) groups is 1. The van der Waals surface area contributed by atoms with E-state index >= 15 is 0 Å². The van der Waals surface area contributed by atoms with E-state index in [1.54, 1.807) is 0 Å². The van der Waals surface area contributed by atoms with Crippen molar-refractivity contribution < 1.29 is 4.79 Å². The van der Waals surface area contributed by atoms with Crippen molar-refractivity contribution in [3.05, 3.63) is 36.0 Å². The molecule has 0 amide bonds. The van der Waals surface area contributed by atoms with Gasteiger partial charge in [-0.15, -0.1) is 0 Å². The Hall–Kier alpha value is -1.61. The lowest BCUT2D eigenvalue weighted by molar-refractivity contribution is -0.108. The molecule has 2 N–H and O–H groups in total.